The number of methoxy groups -OCH3 is 1. The number of hydrogen-bond donors (Lipinski definition) is 0. The maximum absolute atomic E-state index is 13.2. The fraction of sp³-hybridized carbons (Fsp3) is 0.308. The molecule has 166 valence electrons. The fourth-order valence-corrected chi connectivity index (χ4v) is 4.20. The number of likely N-dealkylation sites (tertiary alicyclic amines) is 1. The molecule has 1 fully saturated rings. The molecule has 2 aromatic carbocycles. The van der Waals surface area contributed by atoms with Crippen LogP contribution in [0.15, 0.2) is 67.3 Å². The predicted molar refractivity (Wildman–Crippen MR) is 123 cm³/mol. The molecule has 1 aromatic heterocycles. The van der Waals surface area contributed by atoms with Crippen LogP contribution in [-0.4, -0.2) is 40.4 Å². The van der Waals surface area contributed by atoms with Gasteiger partial charge in [-0.05, 0) is 68.0 Å². The van der Waals surface area contributed by atoms with E-state index in [0.29, 0.717) is 17.2 Å². The van der Waals surface area contributed by atoms with Crippen LogP contribution in [-0.2, 0) is 0 Å². The second-order valence-electron chi connectivity index (χ2n) is 8.20. The van der Waals surface area contributed by atoms with Gasteiger partial charge < -0.3 is 14.2 Å². The minimum absolute atomic E-state index is 0.0593. The molecule has 0 bridgehead atoms. The Balaban J connectivity index is 1.41. The zero-order chi connectivity index (χ0) is 22.5. The molecule has 1 aliphatic heterocycles. The van der Waals surface area contributed by atoms with Crippen LogP contribution in [0.25, 0.3) is 5.69 Å². The molecule has 1 atom stereocenters. The first-order valence-corrected chi connectivity index (χ1v) is 10.9. The summed E-state index contributed by atoms with van der Waals surface area (Å²) in [6.07, 6.45) is 10.3. The van der Waals surface area contributed by atoms with E-state index >= 15 is 0 Å². The van der Waals surface area contributed by atoms with Crippen molar-refractivity contribution in [3.05, 3.63) is 89.9 Å². The van der Waals surface area contributed by atoms with E-state index < -0.39 is 0 Å². The van der Waals surface area contributed by atoms with Crippen molar-refractivity contribution < 1.29 is 13.9 Å². The summed E-state index contributed by atoms with van der Waals surface area (Å²) in [7, 11) is 1.60. The van der Waals surface area contributed by atoms with Gasteiger partial charge in [-0.2, -0.15) is 0 Å². The summed E-state index contributed by atoms with van der Waals surface area (Å²) >= 11 is 0. The summed E-state index contributed by atoms with van der Waals surface area (Å²) in [5.74, 6) is 0.790. The Kier molecular flexibility index (Phi) is 6.69. The summed E-state index contributed by atoms with van der Waals surface area (Å²) in [5.41, 5.74) is 3.52. The van der Waals surface area contributed by atoms with E-state index in [1.165, 1.54) is 17.7 Å². The predicted octanol–water partition coefficient (Wildman–Crippen LogP) is 5.29. The average Bonchev–Trinajstić information content (AvgIpc) is 3.10. The van der Waals surface area contributed by atoms with Gasteiger partial charge in [-0.25, -0.2) is 9.37 Å². The highest BCUT2D eigenvalue weighted by molar-refractivity contribution is 6.04. The number of ketones is 1. The fourth-order valence-electron chi connectivity index (χ4n) is 4.20. The Morgan fingerprint density at radius 2 is 1.97 bits per heavy atom. The van der Waals surface area contributed by atoms with Crippen LogP contribution in [0.4, 0.5) is 4.39 Å². The quantitative estimate of drug-likeness (QED) is 0.391. The second-order valence-corrected chi connectivity index (χ2v) is 8.20. The number of aromatic nitrogens is 2. The van der Waals surface area contributed by atoms with Crippen molar-refractivity contribution in [2.75, 3.05) is 20.2 Å². The zero-order valence-corrected chi connectivity index (χ0v) is 18.5. The third-order valence-corrected chi connectivity index (χ3v) is 5.99. The number of hydrogen-bond acceptors (Lipinski definition) is 4. The molecule has 6 heteroatoms. The van der Waals surface area contributed by atoms with E-state index in [0.717, 1.165) is 43.7 Å². The lowest BCUT2D eigenvalue weighted by Gasteiger charge is -2.18. The molecular formula is C26H28FN3O2. The molecule has 1 unspecified atom stereocenters. The number of imidazole rings is 1. The molecule has 0 saturated carbocycles. The molecule has 5 nitrogen and oxygen atoms in total. The Labute approximate surface area is 188 Å². The number of ether oxygens (including phenoxy) is 1. The summed E-state index contributed by atoms with van der Waals surface area (Å²) in [4.78, 5) is 19.2. The Hall–Kier alpha value is -3.41. The number of benzene rings is 2. The number of carbonyl (C=O) groups excluding carboxylic acids is 1. The molecule has 1 saturated heterocycles. The highest BCUT2D eigenvalue weighted by Gasteiger charge is 2.17. The van der Waals surface area contributed by atoms with E-state index in [4.69, 9.17) is 4.74 Å². The Morgan fingerprint density at radius 1 is 1.16 bits per heavy atom. The largest absolute Gasteiger partial charge is 0.495 e. The van der Waals surface area contributed by atoms with Crippen molar-refractivity contribution in [2.24, 2.45) is 0 Å². The van der Waals surface area contributed by atoms with E-state index in [9.17, 15) is 9.18 Å². The standard InChI is InChI=1S/C26H28FN3O2/c1-19-17-30(18-28-19)24-10-7-22(16-26(24)32-2)25(31)12-15-29-13-3-4-20(11-14-29)21-5-8-23(27)9-6-21/h5-10,12,15-18,20H,3-4,11,13-14H2,1-2H3. The van der Waals surface area contributed by atoms with Gasteiger partial charge in [0.2, 0.25) is 0 Å². The van der Waals surface area contributed by atoms with Gasteiger partial charge in [0.15, 0.2) is 5.78 Å². The average molecular weight is 434 g/mol. The molecule has 32 heavy (non-hydrogen) atoms. The molecular weight excluding hydrogens is 405 g/mol. The SMILES string of the molecule is COc1cc(C(=O)C=CN2CCCC(c3ccc(F)cc3)CC2)ccc1-n1cnc(C)c1. The van der Waals surface area contributed by atoms with Crippen molar-refractivity contribution in [1.29, 1.82) is 0 Å². The number of nitrogens with zero attached hydrogens (tertiary/aromatic N) is 3. The van der Waals surface area contributed by atoms with Crippen LogP contribution in [0, 0.1) is 12.7 Å². The number of aryl methyl sites for hydroxylation is 1. The number of allylic oxidation sites excluding steroid dienone is 1. The molecule has 0 radical (unpaired) electrons. The van der Waals surface area contributed by atoms with E-state index in [1.54, 1.807) is 25.6 Å². The van der Waals surface area contributed by atoms with Gasteiger partial charge in [-0.1, -0.05) is 12.1 Å². The van der Waals surface area contributed by atoms with Crippen molar-refractivity contribution >= 4 is 5.78 Å². The zero-order valence-electron chi connectivity index (χ0n) is 18.5. The first-order valence-electron chi connectivity index (χ1n) is 10.9. The highest BCUT2D eigenvalue weighted by atomic mass is 19.1. The number of carbonyl (C=O) groups is 1. The van der Waals surface area contributed by atoms with Crippen molar-refractivity contribution in [3.8, 4) is 11.4 Å². The highest BCUT2D eigenvalue weighted by Crippen LogP contribution is 2.28. The van der Waals surface area contributed by atoms with E-state index in [2.05, 4.69) is 9.88 Å². The summed E-state index contributed by atoms with van der Waals surface area (Å²) in [6, 6.07) is 12.3. The maximum Gasteiger partial charge on any atom is 0.187 e. The monoisotopic (exact) mass is 433 g/mol. The van der Waals surface area contributed by atoms with Crippen LogP contribution in [0.3, 0.4) is 0 Å². The smallest absolute Gasteiger partial charge is 0.187 e. The maximum atomic E-state index is 13.2. The van der Waals surface area contributed by atoms with Gasteiger partial charge in [0, 0.05) is 37.1 Å². The first kappa shape index (κ1) is 21.8. The first-order chi connectivity index (χ1) is 15.5. The third kappa shape index (κ3) is 5.07. The normalized spacial score (nSPS) is 16.8. The van der Waals surface area contributed by atoms with Gasteiger partial charge in [0.05, 0.1) is 24.8 Å². The number of rotatable bonds is 6. The van der Waals surface area contributed by atoms with Crippen LogP contribution in [0.2, 0.25) is 0 Å². The van der Waals surface area contributed by atoms with E-state index in [1.807, 2.05) is 48.2 Å². The van der Waals surface area contributed by atoms with Gasteiger partial charge in [0.1, 0.15) is 11.6 Å². The third-order valence-electron chi connectivity index (χ3n) is 5.99. The van der Waals surface area contributed by atoms with Crippen molar-refractivity contribution in [2.45, 2.75) is 32.1 Å². The van der Waals surface area contributed by atoms with Crippen molar-refractivity contribution in [1.82, 2.24) is 14.5 Å². The summed E-state index contributed by atoms with van der Waals surface area (Å²) < 4.78 is 20.6. The molecule has 0 N–H and O–H groups in total. The number of halogens is 1. The van der Waals surface area contributed by atoms with Crippen molar-refractivity contribution in [3.63, 3.8) is 0 Å². The van der Waals surface area contributed by atoms with Gasteiger partial charge >= 0.3 is 0 Å². The van der Waals surface area contributed by atoms with Crippen LogP contribution in [0.5, 0.6) is 5.75 Å². The minimum Gasteiger partial charge on any atom is -0.495 e. The van der Waals surface area contributed by atoms with E-state index in [-0.39, 0.29) is 11.6 Å². The van der Waals surface area contributed by atoms with Gasteiger partial charge in [-0.3, -0.25) is 4.79 Å². The molecule has 0 spiro atoms. The van der Waals surface area contributed by atoms with Gasteiger partial charge in [-0.15, -0.1) is 0 Å². The Bertz CT molecular complexity index is 1100. The molecule has 0 amide bonds. The molecule has 3 aromatic rings. The topological polar surface area (TPSA) is 47.4 Å². The second kappa shape index (κ2) is 9.81. The van der Waals surface area contributed by atoms with Crippen LogP contribution >= 0.6 is 0 Å². The molecule has 2 heterocycles. The summed E-state index contributed by atoms with van der Waals surface area (Å²) in [5, 5.41) is 0. The summed E-state index contributed by atoms with van der Waals surface area (Å²) in [6.45, 7) is 3.70. The molecule has 1 aliphatic rings. The van der Waals surface area contributed by atoms with Crippen LogP contribution < -0.4 is 4.74 Å². The molecule has 4 rings (SSSR count). The van der Waals surface area contributed by atoms with Crippen LogP contribution in [0.1, 0.15) is 46.8 Å². The lowest BCUT2D eigenvalue weighted by Crippen LogP contribution is -2.18. The lowest BCUT2D eigenvalue weighted by atomic mass is 9.92. The minimum atomic E-state index is -0.199. The Morgan fingerprint density at radius 3 is 2.69 bits per heavy atom. The molecule has 0 aliphatic carbocycles. The lowest BCUT2D eigenvalue weighted by molar-refractivity contribution is 0.104. The van der Waals surface area contributed by atoms with Gasteiger partial charge in [0.25, 0.3) is 0 Å².